The van der Waals surface area contributed by atoms with Gasteiger partial charge in [0.15, 0.2) is 0 Å². The molecule has 0 N–H and O–H groups in total. The highest BCUT2D eigenvalue weighted by Gasteiger charge is 2.23. The molecule has 0 saturated heterocycles. The van der Waals surface area contributed by atoms with E-state index in [1.807, 2.05) is 60.7 Å². The molecular weight excluding hydrogens is 627 g/mol. The molecule has 0 aliphatic rings. The molecule has 0 spiro atoms. The number of hydrogen-bond acceptors (Lipinski definition) is 3. The van der Waals surface area contributed by atoms with Gasteiger partial charge in [-0.1, -0.05) is 84.9 Å². The third-order valence-electron chi connectivity index (χ3n) is 9.12. The van der Waals surface area contributed by atoms with Crippen molar-refractivity contribution in [2.24, 2.45) is 0 Å². The van der Waals surface area contributed by atoms with Gasteiger partial charge in [-0.05, 0) is 90.3 Å². The Balaban J connectivity index is 1.37. The standard InChI is InChI=1S/C44H28F2N2S/c45-29-19-23-33(24-20-29)47(31-11-3-1-4-12-31)40-27-39-43-37-17-9-7-15-35(37)41(28-42(43)49-44(39)38-18-10-8-16-36(38)40)48(32-13-5-2-6-14-32)34-25-21-30(46)22-26-34/h1-28H. The van der Waals surface area contributed by atoms with Crippen molar-refractivity contribution in [2.45, 2.75) is 0 Å². The quantitative estimate of drug-likeness (QED) is 0.176. The molecule has 0 atom stereocenters. The minimum Gasteiger partial charge on any atom is -0.310 e. The van der Waals surface area contributed by atoms with Crippen LogP contribution in [-0.4, -0.2) is 0 Å². The molecule has 0 fully saturated rings. The highest BCUT2D eigenvalue weighted by atomic mass is 32.1. The third-order valence-corrected chi connectivity index (χ3v) is 10.3. The van der Waals surface area contributed by atoms with Gasteiger partial charge in [-0.25, -0.2) is 8.78 Å². The summed E-state index contributed by atoms with van der Waals surface area (Å²) >= 11 is 1.79. The Labute approximate surface area is 286 Å². The fraction of sp³-hybridized carbons (Fsp3) is 0. The Hall–Kier alpha value is -6.04. The van der Waals surface area contributed by atoms with E-state index in [1.165, 1.54) is 34.4 Å². The molecule has 0 amide bonds. The normalized spacial score (nSPS) is 11.5. The van der Waals surface area contributed by atoms with Gasteiger partial charge in [0.2, 0.25) is 0 Å². The number of anilines is 6. The maximum atomic E-state index is 14.2. The smallest absolute Gasteiger partial charge is 0.123 e. The van der Waals surface area contributed by atoms with Crippen LogP contribution in [0.3, 0.4) is 0 Å². The summed E-state index contributed by atoms with van der Waals surface area (Å²) in [4.78, 5) is 4.42. The summed E-state index contributed by atoms with van der Waals surface area (Å²) in [6, 6.07) is 55.5. The zero-order chi connectivity index (χ0) is 32.9. The number of rotatable bonds is 6. The average Bonchev–Trinajstić information content (AvgIpc) is 3.53. The van der Waals surface area contributed by atoms with Crippen molar-refractivity contribution in [1.82, 2.24) is 0 Å². The SMILES string of the molecule is Fc1ccc(N(c2ccccc2)c2cc3c(sc4cc(N(c5ccccc5)c5ccc(F)cc5)c5ccccc5c43)c3ccccc23)cc1. The molecule has 0 radical (unpaired) electrons. The molecule has 9 rings (SSSR count). The van der Waals surface area contributed by atoms with Crippen LogP contribution in [0.15, 0.2) is 170 Å². The van der Waals surface area contributed by atoms with Gasteiger partial charge in [0, 0.05) is 59.1 Å². The van der Waals surface area contributed by atoms with E-state index in [0.717, 1.165) is 65.8 Å². The van der Waals surface area contributed by atoms with Crippen molar-refractivity contribution < 1.29 is 8.78 Å². The van der Waals surface area contributed by atoms with Crippen LogP contribution in [0.5, 0.6) is 0 Å². The number of benzene rings is 8. The van der Waals surface area contributed by atoms with Crippen LogP contribution in [0, 0.1) is 11.6 Å². The summed E-state index contributed by atoms with van der Waals surface area (Å²) in [5, 5.41) is 6.84. The lowest BCUT2D eigenvalue weighted by Gasteiger charge is -2.27. The van der Waals surface area contributed by atoms with Crippen molar-refractivity contribution in [3.63, 3.8) is 0 Å². The Morgan fingerprint density at radius 3 is 1.31 bits per heavy atom. The maximum absolute atomic E-state index is 14.2. The van der Waals surface area contributed by atoms with E-state index in [4.69, 9.17) is 0 Å². The van der Waals surface area contributed by atoms with Crippen LogP contribution in [-0.2, 0) is 0 Å². The van der Waals surface area contributed by atoms with E-state index in [9.17, 15) is 8.78 Å². The zero-order valence-electron chi connectivity index (χ0n) is 26.2. The van der Waals surface area contributed by atoms with E-state index in [-0.39, 0.29) is 11.6 Å². The van der Waals surface area contributed by atoms with Crippen LogP contribution in [0.2, 0.25) is 0 Å². The summed E-state index contributed by atoms with van der Waals surface area (Å²) in [6.07, 6.45) is 0. The van der Waals surface area contributed by atoms with E-state index < -0.39 is 0 Å². The first-order valence-corrected chi connectivity index (χ1v) is 17.0. The summed E-state index contributed by atoms with van der Waals surface area (Å²) < 4.78 is 30.7. The van der Waals surface area contributed by atoms with Crippen LogP contribution in [0.4, 0.5) is 42.9 Å². The highest BCUT2D eigenvalue weighted by molar-refractivity contribution is 7.27. The topological polar surface area (TPSA) is 6.48 Å². The molecule has 0 aliphatic carbocycles. The number of fused-ring (bicyclic) bond motifs is 7. The fourth-order valence-corrected chi connectivity index (χ4v) is 8.26. The van der Waals surface area contributed by atoms with E-state index in [2.05, 4.69) is 94.7 Å². The van der Waals surface area contributed by atoms with Gasteiger partial charge in [-0.3, -0.25) is 0 Å². The first-order chi connectivity index (χ1) is 24.1. The lowest BCUT2D eigenvalue weighted by molar-refractivity contribution is 0.627. The molecule has 0 aliphatic heterocycles. The van der Waals surface area contributed by atoms with Gasteiger partial charge in [-0.2, -0.15) is 0 Å². The minimum absolute atomic E-state index is 0.269. The summed E-state index contributed by atoms with van der Waals surface area (Å²) in [6.45, 7) is 0. The molecule has 0 bridgehead atoms. The highest BCUT2D eigenvalue weighted by Crippen LogP contribution is 2.50. The number of hydrogen-bond donors (Lipinski definition) is 0. The average molecular weight is 655 g/mol. The third kappa shape index (κ3) is 4.98. The predicted octanol–water partition coefficient (Wildman–Crippen LogP) is 13.6. The van der Waals surface area contributed by atoms with E-state index in [0.29, 0.717) is 0 Å². The van der Waals surface area contributed by atoms with Crippen molar-refractivity contribution in [2.75, 3.05) is 9.80 Å². The minimum atomic E-state index is -0.270. The lowest BCUT2D eigenvalue weighted by Crippen LogP contribution is -2.10. The number of halogens is 2. The summed E-state index contributed by atoms with van der Waals surface area (Å²) in [7, 11) is 0. The first-order valence-electron chi connectivity index (χ1n) is 16.2. The Kier molecular flexibility index (Phi) is 7.06. The van der Waals surface area contributed by atoms with Gasteiger partial charge in [0.1, 0.15) is 11.6 Å². The van der Waals surface area contributed by atoms with Crippen molar-refractivity contribution in [1.29, 1.82) is 0 Å². The fourth-order valence-electron chi connectivity index (χ4n) is 6.98. The molecular formula is C44H28F2N2S. The Morgan fingerprint density at radius 2 is 0.776 bits per heavy atom. The molecule has 1 aromatic heterocycles. The van der Waals surface area contributed by atoms with Gasteiger partial charge in [0.05, 0.1) is 11.4 Å². The van der Waals surface area contributed by atoms with Crippen LogP contribution in [0.1, 0.15) is 0 Å². The number of nitrogens with zero attached hydrogens (tertiary/aromatic N) is 2. The molecule has 8 aromatic carbocycles. The van der Waals surface area contributed by atoms with Crippen LogP contribution in [0.25, 0.3) is 41.7 Å². The molecule has 9 aromatic rings. The number of para-hydroxylation sites is 2. The zero-order valence-corrected chi connectivity index (χ0v) is 27.0. The van der Waals surface area contributed by atoms with Crippen molar-refractivity contribution in [3.05, 3.63) is 181 Å². The number of thiophene rings is 1. The second-order valence-electron chi connectivity index (χ2n) is 12.0. The van der Waals surface area contributed by atoms with Gasteiger partial charge in [-0.15, -0.1) is 11.3 Å². The molecule has 5 heteroatoms. The molecule has 1 heterocycles. The predicted molar refractivity (Wildman–Crippen MR) is 204 cm³/mol. The molecule has 0 saturated carbocycles. The van der Waals surface area contributed by atoms with E-state index in [1.54, 1.807) is 11.3 Å². The second-order valence-corrected chi connectivity index (χ2v) is 13.1. The molecule has 0 unspecified atom stereocenters. The first kappa shape index (κ1) is 29.1. The summed E-state index contributed by atoms with van der Waals surface area (Å²) in [5.41, 5.74) is 5.78. The molecule has 234 valence electrons. The van der Waals surface area contributed by atoms with Crippen LogP contribution < -0.4 is 9.80 Å². The van der Waals surface area contributed by atoms with Gasteiger partial charge in [0.25, 0.3) is 0 Å². The Bertz CT molecular complexity index is 2620. The van der Waals surface area contributed by atoms with E-state index >= 15 is 0 Å². The van der Waals surface area contributed by atoms with Crippen molar-refractivity contribution >= 4 is 87.2 Å². The van der Waals surface area contributed by atoms with Crippen molar-refractivity contribution in [3.8, 4) is 0 Å². The van der Waals surface area contributed by atoms with Gasteiger partial charge < -0.3 is 9.80 Å². The molecule has 49 heavy (non-hydrogen) atoms. The maximum Gasteiger partial charge on any atom is 0.123 e. The Morgan fingerprint density at radius 1 is 0.367 bits per heavy atom. The van der Waals surface area contributed by atoms with Crippen LogP contribution >= 0.6 is 11.3 Å². The molecule has 2 nitrogen and oxygen atoms in total. The second kappa shape index (κ2) is 11.9. The summed E-state index contributed by atoms with van der Waals surface area (Å²) in [5.74, 6) is -0.539. The lowest BCUT2D eigenvalue weighted by atomic mass is 9.98. The largest absolute Gasteiger partial charge is 0.310 e. The monoisotopic (exact) mass is 654 g/mol. The van der Waals surface area contributed by atoms with Gasteiger partial charge >= 0.3 is 0 Å².